The first-order valence-electron chi connectivity index (χ1n) is 7.03. The number of hydrogen-bond acceptors (Lipinski definition) is 5. The summed E-state index contributed by atoms with van der Waals surface area (Å²) < 4.78 is 0. The zero-order chi connectivity index (χ0) is 18.1. The van der Waals surface area contributed by atoms with E-state index in [-0.39, 0.29) is 24.3 Å². The van der Waals surface area contributed by atoms with Gasteiger partial charge < -0.3 is 20.9 Å². The van der Waals surface area contributed by atoms with E-state index >= 15 is 0 Å². The van der Waals surface area contributed by atoms with Crippen LogP contribution in [-0.2, 0) is 12.8 Å². The van der Waals surface area contributed by atoms with Gasteiger partial charge in [0.25, 0.3) is 5.56 Å². The second kappa shape index (κ2) is 9.66. The van der Waals surface area contributed by atoms with E-state index in [4.69, 9.17) is 27.5 Å². The molecule has 0 unspecified atom stereocenters. The Kier molecular flexibility index (Phi) is 7.90. The van der Waals surface area contributed by atoms with Gasteiger partial charge in [0.05, 0.1) is 6.61 Å². The predicted octanol–water partition coefficient (Wildman–Crippen LogP) is 0.137. The second-order valence-electron chi connectivity index (χ2n) is 4.71. The zero-order valence-electron chi connectivity index (χ0n) is 12.7. The summed E-state index contributed by atoms with van der Waals surface area (Å²) in [6.45, 7) is 0.472. The number of aliphatic hydroxyl groups is 1. The summed E-state index contributed by atoms with van der Waals surface area (Å²) in [5.41, 5.74) is 3.80. The quantitative estimate of drug-likeness (QED) is 0.515. The fourth-order valence-corrected chi connectivity index (χ4v) is 2.11. The lowest BCUT2D eigenvalue weighted by atomic mass is 10.0. The standard InChI is InChI=1S/C13H11ClN2O4.C2H7NO/c14-8-3-1-2-7(6-8)4-5-9-10(12(18)19)15-13(20)16-11(9)17;3-1-2-4/h1-3,6H,4-5H2,(H,18,19)(H2,15,16,17,20);4H,1-3H2. The minimum Gasteiger partial charge on any atom is -0.477 e. The molecule has 1 heterocycles. The van der Waals surface area contributed by atoms with Crippen LogP contribution < -0.4 is 17.0 Å². The first kappa shape index (κ1) is 19.6. The number of carboxylic acids is 1. The molecular formula is C15H18ClN3O5. The number of aromatic nitrogens is 2. The molecule has 1 aromatic heterocycles. The topological polar surface area (TPSA) is 149 Å². The van der Waals surface area contributed by atoms with E-state index in [1.165, 1.54) is 0 Å². The lowest BCUT2D eigenvalue weighted by molar-refractivity contribution is 0.0688. The maximum Gasteiger partial charge on any atom is 0.352 e. The molecule has 0 fully saturated rings. The first-order chi connectivity index (χ1) is 11.4. The number of aryl methyl sites for hydroxylation is 1. The van der Waals surface area contributed by atoms with Gasteiger partial charge in [-0.25, -0.2) is 9.59 Å². The van der Waals surface area contributed by atoms with Crippen molar-refractivity contribution in [3.63, 3.8) is 0 Å². The van der Waals surface area contributed by atoms with E-state index in [9.17, 15) is 14.4 Å². The van der Waals surface area contributed by atoms with Gasteiger partial charge in [-0.1, -0.05) is 23.7 Å². The average Bonchev–Trinajstić information content (AvgIpc) is 2.53. The number of nitrogens with one attached hydrogen (secondary N) is 2. The lowest BCUT2D eigenvalue weighted by Crippen LogP contribution is -2.30. The smallest absolute Gasteiger partial charge is 0.352 e. The first-order valence-corrected chi connectivity index (χ1v) is 7.41. The molecule has 2 aromatic rings. The number of hydrogen-bond donors (Lipinski definition) is 5. The van der Waals surface area contributed by atoms with Gasteiger partial charge in [0, 0.05) is 17.1 Å². The van der Waals surface area contributed by atoms with Crippen LogP contribution in [0, 0.1) is 0 Å². The fraction of sp³-hybridized carbons (Fsp3) is 0.267. The number of carboxylic acid groups (broad SMARTS) is 1. The normalized spacial score (nSPS) is 9.96. The third kappa shape index (κ3) is 5.99. The third-order valence-electron chi connectivity index (χ3n) is 2.94. The number of benzene rings is 1. The molecule has 0 aliphatic rings. The van der Waals surface area contributed by atoms with Crippen LogP contribution in [0.2, 0.25) is 5.02 Å². The van der Waals surface area contributed by atoms with Gasteiger partial charge >= 0.3 is 11.7 Å². The maximum atomic E-state index is 11.7. The Balaban J connectivity index is 0.000000648. The highest BCUT2D eigenvalue weighted by Gasteiger charge is 2.15. The van der Waals surface area contributed by atoms with Crippen LogP contribution in [-0.4, -0.2) is 39.3 Å². The second-order valence-corrected chi connectivity index (χ2v) is 5.15. The molecule has 9 heteroatoms. The number of aromatic amines is 2. The summed E-state index contributed by atoms with van der Waals surface area (Å²) >= 11 is 5.85. The number of rotatable bonds is 5. The van der Waals surface area contributed by atoms with Crippen molar-refractivity contribution in [2.24, 2.45) is 5.73 Å². The molecule has 24 heavy (non-hydrogen) atoms. The summed E-state index contributed by atoms with van der Waals surface area (Å²) in [6.07, 6.45) is 0.629. The number of aromatic carboxylic acids is 1. The van der Waals surface area contributed by atoms with Crippen LogP contribution in [0.5, 0.6) is 0 Å². The van der Waals surface area contributed by atoms with Gasteiger partial charge in [0.1, 0.15) is 5.69 Å². The molecule has 130 valence electrons. The van der Waals surface area contributed by atoms with E-state index in [1.807, 2.05) is 11.1 Å². The monoisotopic (exact) mass is 355 g/mol. The van der Waals surface area contributed by atoms with Crippen molar-refractivity contribution < 1.29 is 15.0 Å². The number of carbonyl (C=O) groups is 1. The molecule has 0 saturated carbocycles. The molecule has 0 spiro atoms. The van der Waals surface area contributed by atoms with Crippen molar-refractivity contribution in [2.75, 3.05) is 13.2 Å². The SMILES string of the molecule is NCCO.O=C(O)c1[nH]c(=O)[nH]c(=O)c1CCc1cccc(Cl)c1. The minimum absolute atomic E-state index is 0.0390. The molecule has 0 aliphatic heterocycles. The van der Waals surface area contributed by atoms with Crippen LogP contribution in [0.25, 0.3) is 0 Å². The van der Waals surface area contributed by atoms with Crippen molar-refractivity contribution in [3.05, 3.63) is 66.9 Å². The highest BCUT2D eigenvalue weighted by atomic mass is 35.5. The third-order valence-corrected chi connectivity index (χ3v) is 3.17. The Morgan fingerprint density at radius 1 is 1.21 bits per heavy atom. The molecule has 0 amide bonds. The molecule has 6 N–H and O–H groups in total. The van der Waals surface area contributed by atoms with Crippen molar-refractivity contribution in [1.82, 2.24) is 9.97 Å². The molecule has 0 radical (unpaired) electrons. The highest BCUT2D eigenvalue weighted by Crippen LogP contribution is 2.13. The van der Waals surface area contributed by atoms with Gasteiger partial charge in [-0.2, -0.15) is 0 Å². The van der Waals surface area contributed by atoms with E-state index < -0.39 is 17.2 Å². The van der Waals surface area contributed by atoms with Crippen LogP contribution >= 0.6 is 11.6 Å². The van der Waals surface area contributed by atoms with Crippen LogP contribution in [0.15, 0.2) is 33.9 Å². The number of H-pyrrole nitrogens is 2. The van der Waals surface area contributed by atoms with Crippen LogP contribution in [0.3, 0.4) is 0 Å². The van der Waals surface area contributed by atoms with E-state index in [2.05, 4.69) is 4.98 Å². The van der Waals surface area contributed by atoms with Crippen LogP contribution in [0.1, 0.15) is 21.6 Å². The minimum atomic E-state index is -1.34. The molecule has 2 rings (SSSR count). The fourth-order valence-electron chi connectivity index (χ4n) is 1.90. The molecule has 0 atom stereocenters. The molecule has 0 saturated heterocycles. The largest absolute Gasteiger partial charge is 0.477 e. The average molecular weight is 356 g/mol. The Labute approximate surface area is 141 Å². The van der Waals surface area contributed by atoms with E-state index in [0.29, 0.717) is 18.0 Å². The summed E-state index contributed by atoms with van der Waals surface area (Å²) in [5, 5.41) is 17.3. The predicted molar refractivity (Wildman–Crippen MR) is 89.6 cm³/mol. The molecule has 0 aliphatic carbocycles. The number of nitrogens with two attached hydrogens (primary N) is 1. The van der Waals surface area contributed by atoms with Crippen molar-refractivity contribution in [2.45, 2.75) is 12.8 Å². The highest BCUT2D eigenvalue weighted by molar-refractivity contribution is 6.30. The molecule has 1 aromatic carbocycles. The Hall–Kier alpha value is -2.42. The Morgan fingerprint density at radius 2 is 1.88 bits per heavy atom. The van der Waals surface area contributed by atoms with Gasteiger partial charge in [0.2, 0.25) is 0 Å². The number of halogens is 1. The van der Waals surface area contributed by atoms with E-state index in [1.54, 1.807) is 18.2 Å². The Bertz CT molecular complexity index is 798. The molecular weight excluding hydrogens is 338 g/mol. The van der Waals surface area contributed by atoms with Crippen molar-refractivity contribution >= 4 is 17.6 Å². The van der Waals surface area contributed by atoms with Crippen molar-refractivity contribution in [1.29, 1.82) is 0 Å². The Morgan fingerprint density at radius 3 is 2.42 bits per heavy atom. The summed E-state index contributed by atoms with van der Waals surface area (Å²) in [7, 11) is 0. The maximum absolute atomic E-state index is 11.7. The van der Waals surface area contributed by atoms with Crippen LogP contribution in [0.4, 0.5) is 0 Å². The number of aliphatic hydroxyl groups excluding tert-OH is 1. The summed E-state index contributed by atoms with van der Waals surface area (Å²) in [5.74, 6) is -1.34. The van der Waals surface area contributed by atoms with Crippen molar-refractivity contribution in [3.8, 4) is 0 Å². The zero-order valence-corrected chi connectivity index (χ0v) is 13.5. The van der Waals surface area contributed by atoms with E-state index in [0.717, 1.165) is 5.56 Å². The van der Waals surface area contributed by atoms with Gasteiger partial charge in [0.15, 0.2) is 0 Å². The van der Waals surface area contributed by atoms with Gasteiger partial charge in [-0.3, -0.25) is 9.78 Å². The van der Waals surface area contributed by atoms with Gasteiger partial charge in [-0.15, -0.1) is 0 Å². The molecule has 0 bridgehead atoms. The van der Waals surface area contributed by atoms with Gasteiger partial charge in [-0.05, 0) is 30.5 Å². The molecule has 8 nitrogen and oxygen atoms in total. The summed E-state index contributed by atoms with van der Waals surface area (Å²) in [6, 6.07) is 7.06. The summed E-state index contributed by atoms with van der Waals surface area (Å²) in [4.78, 5) is 38.0. The lowest BCUT2D eigenvalue weighted by Gasteiger charge is -2.05.